The summed E-state index contributed by atoms with van der Waals surface area (Å²) in [6.45, 7) is 3.97. The number of aryl methyl sites for hydroxylation is 2. The summed E-state index contributed by atoms with van der Waals surface area (Å²) in [5.74, 6) is -0.166. The quantitative estimate of drug-likeness (QED) is 0.258. The third-order valence-corrected chi connectivity index (χ3v) is 4.91. The Morgan fingerprint density at radius 3 is 2.53 bits per heavy atom. The van der Waals surface area contributed by atoms with Crippen LogP contribution in [0.25, 0.3) is 22.2 Å². The molecule has 2 aromatic heterocycles. The molecule has 0 radical (unpaired) electrons. The molecule has 5 nitrogen and oxygen atoms in total. The molecule has 150 valence electrons. The highest BCUT2D eigenvalue weighted by atomic mass is 16.5. The molecule has 0 fully saturated rings. The maximum absolute atomic E-state index is 12.5. The molecule has 0 bridgehead atoms. The highest BCUT2D eigenvalue weighted by molar-refractivity contribution is 5.92. The second-order valence-electron chi connectivity index (χ2n) is 7.17. The van der Waals surface area contributed by atoms with E-state index in [-0.39, 0.29) is 0 Å². The lowest BCUT2D eigenvalue weighted by molar-refractivity contribution is 0.0735. The number of carbonyl (C=O) groups excluding carboxylic acids is 1. The first kappa shape index (κ1) is 19.6. The molecule has 2 aromatic carbocycles. The lowest BCUT2D eigenvalue weighted by Gasteiger charge is -2.07. The molecule has 2 heterocycles. The van der Waals surface area contributed by atoms with Crippen molar-refractivity contribution in [1.29, 1.82) is 0 Å². The van der Waals surface area contributed by atoms with Gasteiger partial charge in [-0.3, -0.25) is 4.98 Å². The molecule has 0 aliphatic rings. The van der Waals surface area contributed by atoms with Gasteiger partial charge in [0.2, 0.25) is 0 Å². The van der Waals surface area contributed by atoms with Gasteiger partial charge in [-0.2, -0.15) is 0 Å². The molecule has 5 heteroatoms. The fraction of sp³-hybridized carbons (Fsp3) is 0.160. The lowest BCUT2D eigenvalue weighted by Crippen LogP contribution is -2.08. The molecule has 30 heavy (non-hydrogen) atoms. The molecule has 0 amide bonds. The van der Waals surface area contributed by atoms with E-state index in [0.29, 0.717) is 16.9 Å². The summed E-state index contributed by atoms with van der Waals surface area (Å²) in [6.07, 6.45) is 3.98. The van der Waals surface area contributed by atoms with Crippen LogP contribution in [0.1, 0.15) is 34.8 Å². The van der Waals surface area contributed by atoms with E-state index < -0.39 is 11.6 Å². The van der Waals surface area contributed by atoms with E-state index in [4.69, 9.17) is 9.15 Å². The summed E-state index contributed by atoms with van der Waals surface area (Å²) in [5.41, 5.74) is 4.18. The number of pyridine rings is 1. The molecule has 4 aromatic rings. The van der Waals surface area contributed by atoms with Gasteiger partial charge < -0.3 is 9.15 Å². The van der Waals surface area contributed by atoms with Crippen molar-refractivity contribution >= 4 is 16.9 Å². The van der Waals surface area contributed by atoms with Gasteiger partial charge in [0.05, 0.1) is 11.3 Å². The predicted octanol–water partition coefficient (Wildman–Crippen LogP) is 5.34. The first-order valence-electron chi connectivity index (χ1n) is 9.85. The van der Waals surface area contributed by atoms with Crippen LogP contribution < -0.4 is 10.4 Å². The largest absolute Gasteiger partial charge is 0.423 e. The molecule has 0 atom stereocenters. The van der Waals surface area contributed by atoms with Gasteiger partial charge >= 0.3 is 11.6 Å². The number of ether oxygens (including phenoxy) is 1. The van der Waals surface area contributed by atoms with Crippen LogP contribution in [0.15, 0.2) is 76.1 Å². The van der Waals surface area contributed by atoms with Gasteiger partial charge in [-0.25, -0.2) is 9.59 Å². The van der Waals surface area contributed by atoms with Crippen molar-refractivity contribution in [2.45, 2.75) is 26.7 Å². The standard InChI is InChI=1S/C25H21NO4/c1-3-4-17-5-12-22(26-15-17)18-6-8-19(9-7-18)25(28)29-20-10-11-21-16(2)13-24(27)30-23(21)14-20/h5-15H,3-4H2,1-2H3. The number of nitrogens with zero attached hydrogens (tertiary/aromatic N) is 1. The molecule has 0 saturated carbocycles. The van der Waals surface area contributed by atoms with Crippen LogP contribution in [0.5, 0.6) is 5.75 Å². The van der Waals surface area contributed by atoms with Gasteiger partial charge in [-0.05, 0) is 54.8 Å². The average molecular weight is 399 g/mol. The number of aromatic nitrogens is 1. The number of hydrogen-bond donors (Lipinski definition) is 0. The van der Waals surface area contributed by atoms with E-state index >= 15 is 0 Å². The first-order valence-corrected chi connectivity index (χ1v) is 9.85. The Hall–Kier alpha value is -3.73. The average Bonchev–Trinajstić information content (AvgIpc) is 2.74. The minimum atomic E-state index is -0.484. The second kappa shape index (κ2) is 8.33. The minimum Gasteiger partial charge on any atom is -0.423 e. The zero-order chi connectivity index (χ0) is 21.1. The monoisotopic (exact) mass is 399 g/mol. The van der Waals surface area contributed by atoms with Crippen molar-refractivity contribution < 1.29 is 13.9 Å². The Balaban J connectivity index is 1.51. The molecule has 0 aliphatic carbocycles. The maximum Gasteiger partial charge on any atom is 0.343 e. The molecule has 0 spiro atoms. The van der Waals surface area contributed by atoms with Crippen LogP contribution in [-0.4, -0.2) is 11.0 Å². The van der Waals surface area contributed by atoms with Crippen LogP contribution in [0, 0.1) is 6.92 Å². The van der Waals surface area contributed by atoms with Crippen molar-refractivity contribution in [1.82, 2.24) is 4.98 Å². The van der Waals surface area contributed by atoms with E-state index in [2.05, 4.69) is 18.0 Å². The third-order valence-electron chi connectivity index (χ3n) is 4.91. The smallest absolute Gasteiger partial charge is 0.343 e. The van der Waals surface area contributed by atoms with Gasteiger partial charge in [-0.1, -0.05) is 31.5 Å². The fourth-order valence-electron chi connectivity index (χ4n) is 3.34. The number of esters is 1. The lowest BCUT2D eigenvalue weighted by atomic mass is 10.1. The van der Waals surface area contributed by atoms with E-state index in [1.807, 2.05) is 31.3 Å². The molecule has 0 aliphatic heterocycles. The van der Waals surface area contributed by atoms with Gasteiger partial charge in [-0.15, -0.1) is 0 Å². The van der Waals surface area contributed by atoms with Crippen molar-refractivity contribution in [2.75, 3.05) is 0 Å². The van der Waals surface area contributed by atoms with Crippen LogP contribution >= 0.6 is 0 Å². The topological polar surface area (TPSA) is 69.4 Å². The van der Waals surface area contributed by atoms with E-state index in [0.717, 1.165) is 35.0 Å². The van der Waals surface area contributed by atoms with E-state index in [1.54, 1.807) is 30.3 Å². The summed E-state index contributed by atoms with van der Waals surface area (Å²) in [6, 6.07) is 17.6. The summed E-state index contributed by atoms with van der Waals surface area (Å²) in [7, 11) is 0. The minimum absolute atomic E-state index is 0.318. The highest BCUT2D eigenvalue weighted by Gasteiger charge is 2.11. The number of benzene rings is 2. The van der Waals surface area contributed by atoms with Crippen LogP contribution in [0.3, 0.4) is 0 Å². The van der Waals surface area contributed by atoms with Crippen molar-refractivity contribution in [3.05, 3.63) is 94.0 Å². The SMILES string of the molecule is CCCc1ccc(-c2ccc(C(=O)Oc3ccc4c(C)cc(=O)oc4c3)cc2)nc1. The number of hydrogen-bond acceptors (Lipinski definition) is 5. The third kappa shape index (κ3) is 4.15. The molecule has 0 unspecified atom stereocenters. The van der Waals surface area contributed by atoms with Crippen LogP contribution in [0.2, 0.25) is 0 Å². The zero-order valence-electron chi connectivity index (χ0n) is 16.8. The van der Waals surface area contributed by atoms with Gasteiger partial charge in [0.25, 0.3) is 0 Å². The number of rotatable bonds is 5. The van der Waals surface area contributed by atoms with Crippen molar-refractivity contribution in [2.24, 2.45) is 0 Å². The summed E-state index contributed by atoms with van der Waals surface area (Å²) >= 11 is 0. The first-order chi connectivity index (χ1) is 14.5. The zero-order valence-corrected chi connectivity index (χ0v) is 16.8. The number of fused-ring (bicyclic) bond motifs is 1. The molecular formula is C25H21NO4. The van der Waals surface area contributed by atoms with Crippen LogP contribution in [0.4, 0.5) is 0 Å². The summed E-state index contributed by atoms with van der Waals surface area (Å²) < 4.78 is 10.7. The Kier molecular flexibility index (Phi) is 5.44. The molecule has 0 saturated heterocycles. The normalized spacial score (nSPS) is 10.9. The molecule has 0 N–H and O–H groups in total. The van der Waals surface area contributed by atoms with Gasteiger partial charge in [0.15, 0.2) is 0 Å². The maximum atomic E-state index is 12.5. The fourth-order valence-corrected chi connectivity index (χ4v) is 3.34. The Labute approximate surface area is 174 Å². The number of carbonyl (C=O) groups is 1. The van der Waals surface area contributed by atoms with Gasteiger partial charge in [0, 0.05) is 29.3 Å². The highest BCUT2D eigenvalue weighted by Crippen LogP contribution is 2.24. The van der Waals surface area contributed by atoms with E-state index in [1.165, 1.54) is 11.6 Å². The van der Waals surface area contributed by atoms with Crippen LogP contribution in [-0.2, 0) is 6.42 Å². The van der Waals surface area contributed by atoms with Crippen molar-refractivity contribution in [3.63, 3.8) is 0 Å². The predicted molar refractivity (Wildman–Crippen MR) is 116 cm³/mol. The molecular weight excluding hydrogens is 378 g/mol. The van der Waals surface area contributed by atoms with Crippen molar-refractivity contribution in [3.8, 4) is 17.0 Å². The summed E-state index contributed by atoms with van der Waals surface area (Å²) in [5, 5.41) is 0.802. The Morgan fingerprint density at radius 1 is 1.03 bits per heavy atom. The second-order valence-corrected chi connectivity index (χ2v) is 7.17. The Morgan fingerprint density at radius 2 is 1.83 bits per heavy atom. The van der Waals surface area contributed by atoms with E-state index in [9.17, 15) is 9.59 Å². The summed E-state index contributed by atoms with van der Waals surface area (Å²) in [4.78, 5) is 28.6. The molecule has 4 rings (SSSR count). The van der Waals surface area contributed by atoms with Gasteiger partial charge in [0.1, 0.15) is 11.3 Å². The Bertz CT molecular complexity index is 1260.